The minimum absolute atomic E-state index is 0.0794. The number of thiocarbonyl (C=S) groups is 1. The van der Waals surface area contributed by atoms with Crippen LogP contribution < -0.4 is 10.6 Å². The summed E-state index contributed by atoms with van der Waals surface area (Å²) >= 11 is 11.1. The second kappa shape index (κ2) is 7.47. The van der Waals surface area contributed by atoms with E-state index < -0.39 is 5.91 Å². The molecule has 1 heterocycles. The Morgan fingerprint density at radius 3 is 2.83 bits per heavy atom. The summed E-state index contributed by atoms with van der Waals surface area (Å²) in [4.78, 5) is 13.6. The van der Waals surface area contributed by atoms with Crippen molar-refractivity contribution in [3.8, 4) is 0 Å². The molecule has 2 N–H and O–H groups in total. The van der Waals surface area contributed by atoms with Crippen LogP contribution in [0.2, 0.25) is 5.02 Å². The van der Waals surface area contributed by atoms with Gasteiger partial charge in [0, 0.05) is 0 Å². The first kappa shape index (κ1) is 17.3. The number of tetrazole rings is 1. The lowest BCUT2D eigenvalue weighted by molar-refractivity contribution is 0.0978. The molecule has 1 amide bonds. The van der Waals surface area contributed by atoms with Gasteiger partial charge in [-0.05, 0) is 48.0 Å². The van der Waals surface area contributed by atoms with Crippen molar-refractivity contribution in [2.45, 2.75) is 27.3 Å². The Balaban J connectivity index is 1.96. The number of rotatable bonds is 4. The molecule has 0 fully saturated rings. The lowest BCUT2D eigenvalue weighted by atomic mass is 10.1. The van der Waals surface area contributed by atoms with Gasteiger partial charge in [-0.1, -0.05) is 36.6 Å². The van der Waals surface area contributed by atoms with E-state index in [1.165, 1.54) is 4.80 Å². The summed E-state index contributed by atoms with van der Waals surface area (Å²) in [5.74, 6) is 0.223. The number of amides is 1. The molecule has 0 aliphatic rings. The zero-order valence-corrected chi connectivity index (χ0v) is 14.6. The summed E-state index contributed by atoms with van der Waals surface area (Å²) in [5, 5.41) is 17.5. The van der Waals surface area contributed by atoms with Crippen LogP contribution in [0.15, 0.2) is 18.2 Å². The second-order valence-electron chi connectivity index (χ2n) is 5.45. The van der Waals surface area contributed by atoms with Gasteiger partial charge in [-0.2, -0.15) is 4.80 Å². The molecule has 0 spiro atoms. The Labute approximate surface area is 144 Å². The van der Waals surface area contributed by atoms with Gasteiger partial charge in [0.05, 0.1) is 17.1 Å². The average molecular weight is 353 g/mol. The van der Waals surface area contributed by atoms with Crippen LogP contribution in [-0.4, -0.2) is 31.2 Å². The van der Waals surface area contributed by atoms with E-state index in [2.05, 4.69) is 26.0 Å². The highest BCUT2D eigenvalue weighted by atomic mass is 35.5. The van der Waals surface area contributed by atoms with Crippen LogP contribution in [0.4, 0.5) is 5.95 Å². The number of hydrogen-bond donors (Lipinski definition) is 2. The fraction of sp³-hybridized carbons (Fsp3) is 0.357. The molecule has 0 saturated heterocycles. The highest BCUT2D eigenvalue weighted by molar-refractivity contribution is 7.80. The predicted octanol–water partition coefficient (Wildman–Crippen LogP) is 2.42. The van der Waals surface area contributed by atoms with Crippen LogP contribution in [0.5, 0.6) is 0 Å². The molecule has 0 radical (unpaired) electrons. The molecule has 0 saturated carbocycles. The van der Waals surface area contributed by atoms with Crippen LogP contribution in [0.1, 0.15) is 29.8 Å². The van der Waals surface area contributed by atoms with Crippen molar-refractivity contribution in [2.75, 3.05) is 5.32 Å². The van der Waals surface area contributed by atoms with E-state index in [4.69, 9.17) is 23.8 Å². The molecule has 0 aliphatic carbocycles. The van der Waals surface area contributed by atoms with Gasteiger partial charge in [-0.15, -0.1) is 5.10 Å². The lowest BCUT2D eigenvalue weighted by Crippen LogP contribution is -2.34. The average Bonchev–Trinajstić information content (AvgIpc) is 2.84. The van der Waals surface area contributed by atoms with Gasteiger partial charge < -0.3 is 0 Å². The second-order valence-corrected chi connectivity index (χ2v) is 6.27. The smallest absolute Gasteiger partial charge is 0.269 e. The highest BCUT2D eigenvalue weighted by Gasteiger charge is 2.13. The minimum atomic E-state index is -0.401. The first-order chi connectivity index (χ1) is 10.8. The van der Waals surface area contributed by atoms with Crippen molar-refractivity contribution >= 4 is 40.8 Å². The van der Waals surface area contributed by atoms with Crippen molar-refractivity contribution in [1.29, 1.82) is 0 Å². The first-order valence-corrected chi connectivity index (χ1v) is 7.80. The number of aryl methyl sites for hydroxylation is 1. The van der Waals surface area contributed by atoms with Crippen molar-refractivity contribution in [2.24, 2.45) is 5.92 Å². The maximum Gasteiger partial charge on any atom is 0.269 e. The minimum Gasteiger partial charge on any atom is -0.299 e. The fourth-order valence-electron chi connectivity index (χ4n) is 1.80. The Bertz CT molecular complexity index is 730. The van der Waals surface area contributed by atoms with Gasteiger partial charge in [0.15, 0.2) is 5.11 Å². The van der Waals surface area contributed by atoms with Crippen molar-refractivity contribution in [3.05, 3.63) is 34.3 Å². The van der Waals surface area contributed by atoms with Crippen molar-refractivity contribution in [3.63, 3.8) is 0 Å². The quantitative estimate of drug-likeness (QED) is 0.822. The highest BCUT2D eigenvalue weighted by Crippen LogP contribution is 2.17. The number of anilines is 1. The maximum absolute atomic E-state index is 12.1. The molecule has 122 valence electrons. The molecule has 1 aromatic heterocycles. The zero-order chi connectivity index (χ0) is 17.0. The van der Waals surface area contributed by atoms with Crippen LogP contribution in [0, 0.1) is 12.8 Å². The third kappa shape index (κ3) is 4.97. The molecule has 23 heavy (non-hydrogen) atoms. The molecule has 9 heteroatoms. The van der Waals surface area contributed by atoms with Gasteiger partial charge >= 0.3 is 0 Å². The van der Waals surface area contributed by atoms with E-state index >= 15 is 0 Å². The third-order valence-corrected chi connectivity index (χ3v) is 3.32. The van der Waals surface area contributed by atoms with Crippen LogP contribution in [0.25, 0.3) is 0 Å². The number of nitrogens with zero attached hydrogens (tertiary/aromatic N) is 4. The van der Waals surface area contributed by atoms with Crippen LogP contribution >= 0.6 is 23.8 Å². The molecular formula is C14H17ClN6OS. The third-order valence-electron chi connectivity index (χ3n) is 2.80. The summed E-state index contributed by atoms with van der Waals surface area (Å²) in [6.45, 7) is 6.64. The van der Waals surface area contributed by atoms with Gasteiger partial charge in [0.1, 0.15) is 0 Å². The van der Waals surface area contributed by atoms with E-state index in [9.17, 15) is 4.79 Å². The number of nitrogens with one attached hydrogen (secondary N) is 2. The Morgan fingerprint density at radius 1 is 1.43 bits per heavy atom. The Hall–Kier alpha value is -2.06. The van der Waals surface area contributed by atoms with Gasteiger partial charge in [-0.25, -0.2) is 0 Å². The summed E-state index contributed by atoms with van der Waals surface area (Å²) < 4.78 is 0. The molecule has 1 aromatic carbocycles. The van der Waals surface area contributed by atoms with Gasteiger partial charge in [-0.3, -0.25) is 15.4 Å². The van der Waals surface area contributed by atoms with E-state index in [1.54, 1.807) is 18.2 Å². The summed E-state index contributed by atoms with van der Waals surface area (Å²) in [5.41, 5.74) is 1.32. The van der Waals surface area contributed by atoms with Gasteiger partial charge in [0.25, 0.3) is 11.9 Å². The molecule has 2 rings (SSSR count). The monoisotopic (exact) mass is 352 g/mol. The number of benzene rings is 1. The molecule has 2 aromatic rings. The maximum atomic E-state index is 12.1. The molecular weight excluding hydrogens is 336 g/mol. The van der Waals surface area contributed by atoms with Crippen molar-refractivity contribution in [1.82, 2.24) is 25.5 Å². The molecule has 0 aliphatic heterocycles. The van der Waals surface area contributed by atoms with E-state index in [0.29, 0.717) is 23.0 Å². The topological polar surface area (TPSA) is 84.7 Å². The fourth-order valence-corrected chi connectivity index (χ4v) is 2.31. The molecule has 0 bridgehead atoms. The number of carbonyl (C=O) groups excluding carboxylic acids is 1. The van der Waals surface area contributed by atoms with E-state index in [-0.39, 0.29) is 11.1 Å². The summed E-state index contributed by atoms with van der Waals surface area (Å²) in [6.07, 6.45) is 0. The summed E-state index contributed by atoms with van der Waals surface area (Å²) in [7, 11) is 0. The number of hydrogen-bond acceptors (Lipinski definition) is 5. The normalized spacial score (nSPS) is 10.7. The SMILES string of the molecule is Cc1ccc(C(=O)NC(=S)Nc2nnn(CC(C)C)n2)c(Cl)c1. The largest absolute Gasteiger partial charge is 0.299 e. The molecule has 7 nitrogen and oxygen atoms in total. The standard InChI is InChI=1S/C14H17ClN6OS/c1-8(2)7-21-19-13(18-20-21)17-14(23)16-12(22)10-5-4-9(3)6-11(10)15/h4-6,8H,7H2,1-3H3,(H2,16,17,19,22,23). The van der Waals surface area contributed by atoms with Crippen LogP contribution in [-0.2, 0) is 6.54 Å². The zero-order valence-electron chi connectivity index (χ0n) is 13.0. The number of halogens is 1. The van der Waals surface area contributed by atoms with Gasteiger partial charge in [0.2, 0.25) is 0 Å². The predicted molar refractivity (Wildman–Crippen MR) is 92.5 cm³/mol. The van der Waals surface area contributed by atoms with Crippen LogP contribution in [0.3, 0.4) is 0 Å². The number of carbonyl (C=O) groups is 1. The van der Waals surface area contributed by atoms with Crippen molar-refractivity contribution < 1.29 is 4.79 Å². The van der Waals surface area contributed by atoms with E-state index in [0.717, 1.165) is 5.56 Å². The first-order valence-electron chi connectivity index (χ1n) is 7.01. The number of aromatic nitrogens is 4. The summed E-state index contributed by atoms with van der Waals surface area (Å²) in [6, 6.07) is 5.16. The Kier molecular flexibility index (Phi) is 5.62. The molecule has 0 atom stereocenters. The van der Waals surface area contributed by atoms with E-state index in [1.807, 2.05) is 20.8 Å². The molecule has 0 unspecified atom stereocenters. The lowest BCUT2D eigenvalue weighted by Gasteiger charge is -2.08. The Morgan fingerprint density at radius 2 is 2.17 bits per heavy atom.